The van der Waals surface area contributed by atoms with Gasteiger partial charge in [-0.25, -0.2) is 0 Å². The van der Waals surface area contributed by atoms with E-state index in [2.05, 4.69) is 38.3 Å². The minimum Gasteiger partial charge on any atom is -0.493 e. The van der Waals surface area contributed by atoms with Crippen molar-refractivity contribution in [3.8, 4) is 5.75 Å². The molecule has 0 radical (unpaired) electrons. The Kier molecular flexibility index (Phi) is 23.0. The minimum atomic E-state index is -1.14. The SMILES string of the molecule is CCCC.CCCCCC.COC(C)CCOc1cccc(CC(=O)NCC(=O)N2CCCC2C(=O)NCC(=O)C(N)=O)c1. The monoisotopic (exact) mass is 620 g/mol. The van der Waals surface area contributed by atoms with Crippen molar-refractivity contribution in [3.05, 3.63) is 29.8 Å². The van der Waals surface area contributed by atoms with Crippen LogP contribution in [0.3, 0.4) is 0 Å². The zero-order chi connectivity index (χ0) is 33.3. The first-order valence-electron chi connectivity index (χ1n) is 15.9. The number of ether oxygens (including phenoxy) is 2. The molecule has 0 spiro atoms. The second-order valence-corrected chi connectivity index (χ2v) is 10.7. The van der Waals surface area contributed by atoms with Gasteiger partial charge in [0.05, 0.1) is 32.2 Å². The van der Waals surface area contributed by atoms with Crippen LogP contribution in [0.1, 0.15) is 98.0 Å². The zero-order valence-corrected chi connectivity index (χ0v) is 27.7. The summed E-state index contributed by atoms with van der Waals surface area (Å²) in [5, 5.41) is 4.91. The zero-order valence-electron chi connectivity index (χ0n) is 27.7. The molecule has 0 saturated carbocycles. The molecule has 2 rings (SSSR count). The molecule has 1 aliphatic heterocycles. The van der Waals surface area contributed by atoms with E-state index in [1.807, 2.05) is 6.92 Å². The van der Waals surface area contributed by atoms with Gasteiger partial charge in [0.1, 0.15) is 11.8 Å². The maximum absolute atomic E-state index is 12.6. The molecule has 1 aromatic carbocycles. The van der Waals surface area contributed by atoms with Crippen LogP contribution in [-0.4, -0.2) is 79.8 Å². The van der Waals surface area contributed by atoms with E-state index in [-0.39, 0.29) is 25.0 Å². The molecule has 1 heterocycles. The molecule has 44 heavy (non-hydrogen) atoms. The maximum Gasteiger partial charge on any atom is 0.286 e. The number of ketones is 1. The topological polar surface area (TPSA) is 157 Å². The lowest BCUT2D eigenvalue weighted by atomic mass is 10.1. The Hall–Kier alpha value is -3.47. The summed E-state index contributed by atoms with van der Waals surface area (Å²) in [5.41, 5.74) is 5.60. The van der Waals surface area contributed by atoms with Crippen LogP contribution in [0.25, 0.3) is 0 Å². The van der Waals surface area contributed by atoms with Gasteiger partial charge >= 0.3 is 0 Å². The number of nitrogens with zero attached hydrogens (tertiary/aromatic N) is 1. The second kappa shape index (κ2) is 24.9. The van der Waals surface area contributed by atoms with Crippen molar-refractivity contribution in [2.24, 2.45) is 5.73 Å². The van der Waals surface area contributed by atoms with E-state index in [9.17, 15) is 24.0 Å². The van der Waals surface area contributed by atoms with Gasteiger partial charge in [-0.2, -0.15) is 0 Å². The molecule has 4 N–H and O–H groups in total. The summed E-state index contributed by atoms with van der Waals surface area (Å²) in [6.07, 6.45) is 10.1. The van der Waals surface area contributed by atoms with Gasteiger partial charge in [-0.15, -0.1) is 0 Å². The number of nitrogens with two attached hydrogens (primary N) is 1. The predicted molar refractivity (Wildman–Crippen MR) is 172 cm³/mol. The predicted octanol–water partition coefficient (Wildman–Crippen LogP) is 3.70. The number of rotatable bonds is 17. The molecule has 1 fully saturated rings. The first-order valence-corrected chi connectivity index (χ1v) is 15.9. The Morgan fingerprint density at radius 3 is 2.20 bits per heavy atom. The number of likely N-dealkylation sites (tertiary alicyclic amines) is 1. The average Bonchev–Trinajstić information content (AvgIpc) is 3.52. The van der Waals surface area contributed by atoms with E-state index in [0.29, 0.717) is 31.7 Å². The molecule has 1 aliphatic rings. The van der Waals surface area contributed by atoms with Crippen molar-refractivity contribution < 1.29 is 33.4 Å². The summed E-state index contributed by atoms with van der Waals surface area (Å²) in [6, 6.07) is 6.39. The number of Topliss-reactive ketones (excluding diaryl/α,β-unsaturated/α-hetero) is 1. The molecule has 11 heteroatoms. The fourth-order valence-corrected chi connectivity index (χ4v) is 3.94. The largest absolute Gasteiger partial charge is 0.493 e. The van der Waals surface area contributed by atoms with Crippen molar-refractivity contribution in [2.75, 3.05) is 33.4 Å². The lowest BCUT2D eigenvalue weighted by Crippen LogP contribution is -2.50. The van der Waals surface area contributed by atoms with E-state index >= 15 is 0 Å². The Morgan fingerprint density at radius 2 is 1.64 bits per heavy atom. The number of nitrogens with one attached hydrogen (secondary N) is 2. The van der Waals surface area contributed by atoms with Crippen LogP contribution in [0.4, 0.5) is 0 Å². The third kappa shape index (κ3) is 18.3. The third-order valence-corrected chi connectivity index (χ3v) is 6.93. The number of hydrogen-bond acceptors (Lipinski definition) is 7. The van der Waals surface area contributed by atoms with Gasteiger partial charge in [0.15, 0.2) is 0 Å². The van der Waals surface area contributed by atoms with Crippen molar-refractivity contribution in [1.82, 2.24) is 15.5 Å². The summed E-state index contributed by atoms with van der Waals surface area (Å²) in [6.45, 7) is 10.8. The molecular formula is C33H56N4O7. The molecule has 11 nitrogen and oxygen atoms in total. The van der Waals surface area contributed by atoms with E-state index in [0.717, 1.165) is 12.0 Å². The van der Waals surface area contributed by atoms with Gasteiger partial charge < -0.3 is 30.7 Å². The first kappa shape index (κ1) is 40.5. The molecule has 0 bridgehead atoms. The van der Waals surface area contributed by atoms with Crippen LogP contribution in [0.15, 0.2) is 24.3 Å². The van der Waals surface area contributed by atoms with Crippen LogP contribution < -0.4 is 21.1 Å². The molecule has 0 aromatic heterocycles. The molecule has 2 unspecified atom stereocenters. The Morgan fingerprint density at radius 1 is 0.977 bits per heavy atom. The van der Waals surface area contributed by atoms with Crippen LogP contribution in [0.5, 0.6) is 5.75 Å². The van der Waals surface area contributed by atoms with Crippen LogP contribution in [0.2, 0.25) is 0 Å². The van der Waals surface area contributed by atoms with E-state index in [1.165, 1.54) is 43.4 Å². The van der Waals surface area contributed by atoms with Crippen LogP contribution >= 0.6 is 0 Å². The minimum absolute atomic E-state index is 0.0676. The summed E-state index contributed by atoms with van der Waals surface area (Å²) in [5.74, 6) is -2.70. The van der Waals surface area contributed by atoms with Gasteiger partial charge in [-0.3, -0.25) is 24.0 Å². The number of carbonyl (C=O) groups is 5. The highest BCUT2D eigenvalue weighted by molar-refractivity contribution is 6.36. The van der Waals surface area contributed by atoms with Gasteiger partial charge in [-0.05, 0) is 37.5 Å². The highest BCUT2D eigenvalue weighted by Crippen LogP contribution is 2.18. The first-order chi connectivity index (χ1) is 21.0. The number of hydrogen-bond donors (Lipinski definition) is 3. The molecule has 1 aromatic rings. The fourth-order valence-electron chi connectivity index (χ4n) is 3.94. The Bertz CT molecular complexity index is 996. The van der Waals surface area contributed by atoms with Crippen molar-refractivity contribution in [2.45, 2.75) is 111 Å². The number of carbonyl (C=O) groups excluding carboxylic acids is 5. The summed E-state index contributed by atoms with van der Waals surface area (Å²) in [7, 11) is 1.64. The smallest absolute Gasteiger partial charge is 0.286 e. The molecular weight excluding hydrogens is 564 g/mol. The van der Waals surface area contributed by atoms with Crippen LogP contribution in [0, 0.1) is 0 Å². The molecule has 1 saturated heterocycles. The third-order valence-electron chi connectivity index (χ3n) is 6.93. The fraction of sp³-hybridized carbons (Fsp3) is 0.667. The van der Waals surface area contributed by atoms with Gasteiger partial charge in [0.25, 0.3) is 5.91 Å². The van der Waals surface area contributed by atoms with Gasteiger partial charge in [-0.1, -0.05) is 78.4 Å². The summed E-state index contributed by atoms with van der Waals surface area (Å²) in [4.78, 5) is 60.7. The second-order valence-electron chi connectivity index (χ2n) is 10.7. The maximum atomic E-state index is 12.6. The highest BCUT2D eigenvalue weighted by Gasteiger charge is 2.34. The lowest BCUT2D eigenvalue weighted by molar-refractivity contribution is -0.139. The van der Waals surface area contributed by atoms with Crippen molar-refractivity contribution in [3.63, 3.8) is 0 Å². The molecule has 2 atom stereocenters. The highest BCUT2D eigenvalue weighted by atomic mass is 16.5. The quantitative estimate of drug-likeness (QED) is 0.177. The molecule has 0 aliphatic carbocycles. The summed E-state index contributed by atoms with van der Waals surface area (Å²) < 4.78 is 10.9. The number of methoxy groups -OCH3 is 1. The van der Waals surface area contributed by atoms with E-state index in [4.69, 9.17) is 15.2 Å². The van der Waals surface area contributed by atoms with Crippen molar-refractivity contribution in [1.29, 1.82) is 0 Å². The lowest BCUT2D eigenvalue weighted by Gasteiger charge is -2.24. The molecule has 250 valence electrons. The van der Waals surface area contributed by atoms with Crippen LogP contribution in [-0.2, 0) is 35.1 Å². The van der Waals surface area contributed by atoms with Gasteiger partial charge in [0, 0.05) is 20.1 Å². The Labute approximate surface area is 264 Å². The molecule has 4 amide bonds. The van der Waals surface area contributed by atoms with Gasteiger partial charge in [0.2, 0.25) is 23.5 Å². The summed E-state index contributed by atoms with van der Waals surface area (Å²) >= 11 is 0. The number of unbranched alkanes of at least 4 members (excludes halogenated alkanes) is 4. The van der Waals surface area contributed by atoms with E-state index < -0.39 is 36.1 Å². The normalized spacial score (nSPS) is 14.2. The number of primary amides is 1. The van der Waals surface area contributed by atoms with Crippen molar-refractivity contribution >= 4 is 29.4 Å². The number of amides is 4. The number of benzene rings is 1. The Balaban J connectivity index is 0.00000159. The standard InChI is InChI=1S/C23H32N4O7.C6H14.C4H10/c1-15(33-2)8-10-34-17-6-3-5-16(11-17)12-20(29)25-14-21(30)27-9-4-7-18(27)23(32)26-13-19(28)22(24)31;1-3-5-6-4-2;1-3-4-2/h3,5-6,11,15,18H,4,7-10,12-14H2,1-2H3,(H2,24,31)(H,25,29)(H,26,32);3-6H2,1-2H3;3-4H2,1-2H3. The van der Waals surface area contributed by atoms with E-state index in [1.54, 1.807) is 31.4 Å². The average molecular weight is 621 g/mol.